The van der Waals surface area contributed by atoms with Gasteiger partial charge in [-0.2, -0.15) is 12.7 Å². The van der Waals surface area contributed by atoms with Gasteiger partial charge in [-0.15, -0.1) is 47.6 Å². The summed E-state index contributed by atoms with van der Waals surface area (Å²) in [6.45, 7) is 22.2. The van der Waals surface area contributed by atoms with Crippen molar-refractivity contribution >= 4 is 34.3 Å². The van der Waals surface area contributed by atoms with Crippen molar-refractivity contribution in [1.29, 1.82) is 0 Å². The number of pyridine rings is 1. The predicted octanol–water partition coefficient (Wildman–Crippen LogP) is 11.5. The minimum absolute atomic E-state index is 0. The zero-order valence-electron chi connectivity index (χ0n) is 30.3. The Kier molecular flexibility index (Phi) is 10.1. The molecular weight excluding hydrogens is 784 g/mol. The summed E-state index contributed by atoms with van der Waals surface area (Å²) in [4.78, 5) is 11.3. The number of hydrogen-bond acceptors (Lipinski definition) is 5. The first-order valence-electron chi connectivity index (χ1n) is 16.7. The van der Waals surface area contributed by atoms with Crippen LogP contribution in [0.2, 0.25) is 0 Å². The van der Waals surface area contributed by atoms with Crippen LogP contribution in [0.5, 0.6) is 11.5 Å². The van der Waals surface area contributed by atoms with Gasteiger partial charge in [-0.1, -0.05) is 92.3 Å². The second kappa shape index (κ2) is 13.7. The quantitative estimate of drug-likeness (QED) is 0.159. The van der Waals surface area contributed by atoms with E-state index in [4.69, 9.17) is 9.72 Å². The van der Waals surface area contributed by atoms with E-state index in [0.717, 1.165) is 34.1 Å². The standard InChI is InChI=1S/C43H47N4O.Pt/c1-41(2,3)30-19-20-38-39(25-30)45(10)29-46(38)35-23-32(43(7,8)9)24-37(28-35)48-36-18-14-17-34(27-36)47(33-15-12-11-13-16-33)40-26-31(21-22-44-40)42(4,5)6;/h11-26,29H,1-10H3;/q-3;. The van der Waals surface area contributed by atoms with Gasteiger partial charge < -0.3 is 19.4 Å². The van der Waals surface area contributed by atoms with Crippen LogP contribution in [0.1, 0.15) is 79.0 Å². The summed E-state index contributed by atoms with van der Waals surface area (Å²) in [5.41, 5.74) is 8.67. The maximum absolute atomic E-state index is 6.62. The topological polar surface area (TPSA) is 31.8 Å². The molecule has 0 fully saturated rings. The van der Waals surface area contributed by atoms with Crippen LogP contribution in [-0.2, 0) is 37.3 Å². The molecule has 0 atom stereocenters. The maximum atomic E-state index is 6.62. The van der Waals surface area contributed by atoms with Crippen molar-refractivity contribution in [3.63, 3.8) is 0 Å². The van der Waals surface area contributed by atoms with E-state index in [-0.39, 0.29) is 37.3 Å². The first-order valence-corrected chi connectivity index (χ1v) is 16.7. The molecule has 1 aliphatic rings. The summed E-state index contributed by atoms with van der Waals surface area (Å²) in [5.74, 6) is 2.07. The second-order valence-corrected chi connectivity index (χ2v) is 15.7. The number of ether oxygens (including phenoxy) is 1. The Balaban J connectivity index is 0.00000468. The van der Waals surface area contributed by atoms with E-state index in [2.05, 4.69) is 157 Å². The van der Waals surface area contributed by atoms with Gasteiger partial charge in [0.1, 0.15) is 5.82 Å². The number of hydrogen-bond donors (Lipinski definition) is 0. The van der Waals surface area contributed by atoms with Crippen molar-refractivity contribution in [2.75, 3.05) is 21.7 Å². The number of aromatic nitrogens is 1. The van der Waals surface area contributed by atoms with Crippen LogP contribution in [0.15, 0.2) is 97.2 Å². The number of para-hydroxylation sites is 1. The fourth-order valence-electron chi connectivity index (χ4n) is 5.84. The minimum Gasteiger partial charge on any atom is -0.509 e. The average Bonchev–Trinajstić information content (AvgIpc) is 3.36. The molecule has 0 radical (unpaired) electrons. The Morgan fingerprint density at radius 1 is 0.653 bits per heavy atom. The first-order chi connectivity index (χ1) is 22.6. The van der Waals surface area contributed by atoms with Gasteiger partial charge in [-0.05, 0) is 70.8 Å². The minimum atomic E-state index is -0.105. The second-order valence-electron chi connectivity index (χ2n) is 15.7. The van der Waals surface area contributed by atoms with Gasteiger partial charge in [-0.25, -0.2) is 4.98 Å². The molecule has 1 aliphatic heterocycles. The molecule has 0 saturated carbocycles. The van der Waals surface area contributed by atoms with E-state index < -0.39 is 0 Å². The molecule has 49 heavy (non-hydrogen) atoms. The van der Waals surface area contributed by atoms with Crippen molar-refractivity contribution in [3.05, 3.63) is 133 Å². The zero-order valence-corrected chi connectivity index (χ0v) is 32.6. The summed E-state index contributed by atoms with van der Waals surface area (Å²) in [7, 11) is 2.10. The summed E-state index contributed by atoms with van der Waals surface area (Å²) in [6.07, 6.45) is 1.88. The Labute approximate surface area is 308 Å². The normalized spacial score (nSPS) is 13.2. The number of nitrogens with zero attached hydrogens (tertiary/aromatic N) is 4. The summed E-state index contributed by atoms with van der Waals surface area (Å²) < 4.78 is 6.62. The van der Waals surface area contributed by atoms with Crippen molar-refractivity contribution in [1.82, 2.24) is 4.98 Å². The van der Waals surface area contributed by atoms with E-state index in [1.54, 1.807) is 0 Å². The Morgan fingerprint density at radius 3 is 2.00 bits per heavy atom. The third-order valence-corrected chi connectivity index (χ3v) is 8.79. The molecule has 2 heterocycles. The molecule has 0 amide bonds. The van der Waals surface area contributed by atoms with Crippen molar-refractivity contribution in [3.8, 4) is 11.5 Å². The average molecular weight is 831 g/mol. The molecule has 6 rings (SSSR count). The molecule has 4 aromatic carbocycles. The molecular formula is C43H47N4OPt-3. The van der Waals surface area contributed by atoms with E-state index >= 15 is 0 Å². The van der Waals surface area contributed by atoms with Gasteiger partial charge in [0.25, 0.3) is 0 Å². The van der Waals surface area contributed by atoms with Crippen LogP contribution in [0.4, 0.5) is 34.3 Å². The van der Waals surface area contributed by atoms with Gasteiger partial charge in [0.2, 0.25) is 0 Å². The maximum Gasteiger partial charge on any atom is 0.135 e. The van der Waals surface area contributed by atoms with Crippen LogP contribution < -0.4 is 19.4 Å². The van der Waals surface area contributed by atoms with Crippen LogP contribution in [-0.4, -0.2) is 12.0 Å². The van der Waals surface area contributed by atoms with Crippen LogP contribution in [0.3, 0.4) is 0 Å². The van der Waals surface area contributed by atoms with E-state index in [1.165, 1.54) is 16.8 Å². The summed E-state index contributed by atoms with van der Waals surface area (Å²) in [5, 5.41) is 0. The van der Waals surface area contributed by atoms with Gasteiger partial charge >= 0.3 is 0 Å². The largest absolute Gasteiger partial charge is 0.509 e. The fourth-order valence-corrected chi connectivity index (χ4v) is 5.84. The number of rotatable bonds is 6. The molecule has 1 aromatic heterocycles. The molecule has 5 nitrogen and oxygen atoms in total. The molecule has 0 saturated heterocycles. The van der Waals surface area contributed by atoms with Gasteiger partial charge in [0, 0.05) is 55.8 Å². The summed E-state index contributed by atoms with van der Waals surface area (Å²) >= 11 is 0. The summed E-state index contributed by atoms with van der Waals surface area (Å²) in [6, 6.07) is 38.7. The molecule has 0 unspecified atom stereocenters. The SMILES string of the molecule is CN1[CH-]N(c2[c-]c(Oc3[c-]c(N(c4ccccc4)c4cc(C(C)(C)C)ccn4)ccc3)cc(C(C)(C)C)c2)c2ccc(C(C)(C)C)cc21.[Pt]. The molecule has 0 N–H and O–H groups in total. The van der Waals surface area contributed by atoms with Gasteiger partial charge in [-0.3, -0.25) is 0 Å². The van der Waals surface area contributed by atoms with Crippen LogP contribution in [0.25, 0.3) is 0 Å². The molecule has 6 heteroatoms. The van der Waals surface area contributed by atoms with Gasteiger partial charge in [0.15, 0.2) is 0 Å². The Hall–Kier alpha value is -4.08. The molecule has 0 spiro atoms. The number of benzene rings is 4. The van der Waals surface area contributed by atoms with Gasteiger partial charge in [0.05, 0.1) is 0 Å². The van der Waals surface area contributed by atoms with E-state index in [1.807, 2.05) is 42.6 Å². The Bertz CT molecular complexity index is 1920. The Morgan fingerprint density at radius 2 is 1.33 bits per heavy atom. The molecule has 5 aromatic rings. The number of fused-ring (bicyclic) bond motifs is 1. The predicted molar refractivity (Wildman–Crippen MR) is 200 cm³/mol. The van der Waals surface area contributed by atoms with Crippen molar-refractivity contribution in [2.24, 2.45) is 0 Å². The number of anilines is 6. The molecule has 0 aliphatic carbocycles. The first kappa shape index (κ1) is 36.2. The smallest absolute Gasteiger partial charge is 0.135 e. The molecule has 258 valence electrons. The van der Waals surface area contributed by atoms with Crippen LogP contribution in [0, 0.1) is 18.8 Å². The van der Waals surface area contributed by atoms with E-state index in [0.29, 0.717) is 11.5 Å². The van der Waals surface area contributed by atoms with E-state index in [9.17, 15) is 0 Å². The third-order valence-electron chi connectivity index (χ3n) is 8.79. The molecule has 0 bridgehead atoms. The van der Waals surface area contributed by atoms with Crippen molar-refractivity contribution < 1.29 is 25.8 Å². The third kappa shape index (κ3) is 7.89. The zero-order chi connectivity index (χ0) is 34.4. The van der Waals surface area contributed by atoms with Crippen LogP contribution >= 0.6 is 0 Å². The van der Waals surface area contributed by atoms with Crippen molar-refractivity contribution in [2.45, 2.75) is 78.6 Å². The monoisotopic (exact) mass is 830 g/mol. The fraction of sp³-hybridized carbons (Fsp3) is 0.302.